The predicted octanol–water partition coefficient (Wildman–Crippen LogP) is 4.55. The van der Waals surface area contributed by atoms with E-state index in [1.165, 1.54) is 31.5 Å². The Morgan fingerprint density at radius 2 is 1.95 bits per heavy atom. The molecule has 5 N–H and O–H groups in total. The number of nitrogens with one attached hydrogen (secondary N) is 1. The van der Waals surface area contributed by atoms with Crippen LogP contribution >= 0.6 is 0 Å². The molecule has 0 spiro atoms. The van der Waals surface area contributed by atoms with Crippen molar-refractivity contribution >= 4 is 28.3 Å². The van der Waals surface area contributed by atoms with Crippen LogP contribution in [0.1, 0.15) is 60.1 Å². The highest BCUT2D eigenvalue weighted by Crippen LogP contribution is 2.40. The molecule has 1 atom stereocenters. The number of rotatable bonds is 6. The van der Waals surface area contributed by atoms with Crippen LogP contribution in [0.4, 0.5) is 14.5 Å². The monoisotopic (exact) mass is 579 g/mol. The van der Waals surface area contributed by atoms with Gasteiger partial charge in [0.25, 0.3) is 5.91 Å². The summed E-state index contributed by atoms with van der Waals surface area (Å²) in [5.41, 5.74) is 12.8. The third kappa shape index (κ3) is 6.57. The number of hydrogen-bond acceptors (Lipinski definition) is 6. The minimum absolute atomic E-state index is 0. The number of nitrogens with two attached hydrogens (primary N) is 1. The average molecular weight is 580 g/mol. The van der Waals surface area contributed by atoms with E-state index in [1.807, 2.05) is 11.0 Å². The first-order chi connectivity index (χ1) is 20.0. The van der Waals surface area contributed by atoms with Gasteiger partial charge >= 0.3 is 0 Å². The first-order valence-corrected chi connectivity index (χ1v) is 14.2. The average Bonchev–Trinajstić information content (AvgIpc) is 3.77. The van der Waals surface area contributed by atoms with Crippen LogP contribution in [0.2, 0.25) is 0 Å². The van der Waals surface area contributed by atoms with Gasteiger partial charge in [-0.1, -0.05) is 18.2 Å². The number of pyridine rings is 1. The molecule has 4 heterocycles. The van der Waals surface area contributed by atoms with Gasteiger partial charge < -0.3 is 16.1 Å². The molecular weight excluding hydrogens is 540 g/mol. The molecule has 0 bridgehead atoms. The molecule has 1 amide bonds. The van der Waals surface area contributed by atoms with E-state index >= 15 is 0 Å². The van der Waals surface area contributed by atoms with Gasteiger partial charge in [-0.25, -0.2) is 9.37 Å². The van der Waals surface area contributed by atoms with Crippen molar-refractivity contribution < 1.29 is 19.1 Å². The third-order valence-corrected chi connectivity index (χ3v) is 7.81. The van der Waals surface area contributed by atoms with E-state index in [-0.39, 0.29) is 24.1 Å². The Kier molecular flexibility index (Phi) is 10.2. The Hall–Kier alpha value is -3.96. The minimum Gasteiger partial charge on any atom is -0.412 e. The van der Waals surface area contributed by atoms with Gasteiger partial charge in [-0.05, 0) is 49.4 Å². The van der Waals surface area contributed by atoms with E-state index in [2.05, 4.69) is 50.9 Å². The number of aliphatic imine (C=N–C) groups is 1. The molecule has 9 nitrogen and oxygen atoms in total. The Labute approximate surface area is 244 Å². The van der Waals surface area contributed by atoms with Crippen LogP contribution < -0.4 is 5.73 Å². The number of alkyl halides is 2. The van der Waals surface area contributed by atoms with Crippen molar-refractivity contribution in [3.63, 3.8) is 0 Å². The Balaban J connectivity index is 0.000000972. The molecule has 6 rings (SSSR count). The van der Waals surface area contributed by atoms with E-state index in [4.69, 9.17) is 10.7 Å². The van der Waals surface area contributed by atoms with Crippen molar-refractivity contribution in [2.45, 2.75) is 51.2 Å². The van der Waals surface area contributed by atoms with Crippen molar-refractivity contribution in [1.82, 2.24) is 25.0 Å². The van der Waals surface area contributed by atoms with Gasteiger partial charge in [0.05, 0.1) is 29.7 Å². The number of likely N-dealkylation sites (tertiary alicyclic amines) is 1. The first kappa shape index (κ1) is 31.0. The molecule has 2 aromatic heterocycles. The molecule has 224 valence electrons. The second-order valence-corrected chi connectivity index (χ2v) is 10.6. The van der Waals surface area contributed by atoms with Crippen molar-refractivity contribution in [1.29, 1.82) is 0 Å². The molecule has 1 aliphatic carbocycles. The summed E-state index contributed by atoms with van der Waals surface area (Å²) in [5, 5.41) is 7.22. The summed E-state index contributed by atoms with van der Waals surface area (Å²) in [5.74, 6) is 0.539. The van der Waals surface area contributed by atoms with Crippen LogP contribution in [-0.2, 0) is 6.67 Å². The number of hydrogen-bond donors (Lipinski definition) is 2. The van der Waals surface area contributed by atoms with Gasteiger partial charge in [-0.15, -0.1) is 6.58 Å². The molecular formula is C31H39F2N7O2. The molecule has 3 aromatic rings. The molecule has 1 aromatic carbocycles. The second-order valence-electron chi connectivity index (χ2n) is 10.6. The smallest absolute Gasteiger partial charge is 0.256 e. The fourth-order valence-corrected chi connectivity index (χ4v) is 5.64. The maximum absolute atomic E-state index is 13.9. The zero-order valence-electron chi connectivity index (χ0n) is 24.0. The largest absolute Gasteiger partial charge is 0.412 e. The summed E-state index contributed by atoms with van der Waals surface area (Å²) in [7, 11) is 0. The fraction of sp³-hybridized carbons (Fsp3) is 0.419. The van der Waals surface area contributed by atoms with Gasteiger partial charge in [0.1, 0.15) is 6.67 Å². The van der Waals surface area contributed by atoms with Crippen LogP contribution in [0.3, 0.4) is 0 Å². The van der Waals surface area contributed by atoms with Crippen molar-refractivity contribution in [3.8, 4) is 0 Å². The van der Waals surface area contributed by atoms with Crippen molar-refractivity contribution in [2.24, 2.45) is 10.7 Å². The normalized spacial score (nSPS) is 19.9. The maximum atomic E-state index is 13.9. The summed E-state index contributed by atoms with van der Waals surface area (Å²) in [6, 6.07) is 9.93. The fourth-order valence-electron chi connectivity index (χ4n) is 5.64. The van der Waals surface area contributed by atoms with E-state index in [0.717, 1.165) is 29.2 Å². The number of benzene rings is 1. The van der Waals surface area contributed by atoms with E-state index in [1.54, 1.807) is 6.07 Å². The molecule has 1 saturated carbocycles. The number of nitrogens with zero attached hydrogens (tertiary/aromatic N) is 5. The molecule has 42 heavy (non-hydrogen) atoms. The Bertz CT molecular complexity index is 1460. The van der Waals surface area contributed by atoms with Crippen LogP contribution in [-0.4, -0.2) is 81.0 Å². The molecule has 3 aliphatic rings. The van der Waals surface area contributed by atoms with Crippen LogP contribution in [0.25, 0.3) is 11.0 Å². The molecule has 2 fully saturated rings. The number of piperidine rings is 1. The number of halogens is 2. The molecule has 11 heteroatoms. The van der Waals surface area contributed by atoms with E-state index < -0.39 is 6.67 Å². The summed E-state index contributed by atoms with van der Waals surface area (Å²) >= 11 is 0. The zero-order chi connectivity index (χ0) is 28.9. The van der Waals surface area contributed by atoms with Gasteiger partial charge in [0, 0.05) is 67.6 Å². The lowest BCUT2D eigenvalue weighted by Gasteiger charge is -2.40. The van der Waals surface area contributed by atoms with E-state index in [9.17, 15) is 13.6 Å². The molecule has 1 saturated heterocycles. The standard InChI is InChI=1S/C29H32FN7O.C2H5F.H2O/c1-2-11-36-12-9-23(31)27-24(33-21-7-5-19(6-8-21)18-3-4-18)10-13-37(26(27)17-36)29(38)20-14-22-25(15-30)34-35-28(22)32-16-20;1-2-3;/h2,5-8,14,16,18,26H,1,3-4,9-13,15,17,31H2,(H,32,34,35);2H2,1H3;1H2. The number of amides is 1. The lowest BCUT2D eigenvalue weighted by Crippen LogP contribution is -2.52. The Morgan fingerprint density at radius 3 is 2.62 bits per heavy atom. The molecule has 1 unspecified atom stereocenters. The first-order valence-electron chi connectivity index (χ1n) is 14.2. The second kappa shape index (κ2) is 13.8. The molecule has 2 aliphatic heterocycles. The number of fused-ring (bicyclic) bond motifs is 2. The predicted molar refractivity (Wildman–Crippen MR) is 161 cm³/mol. The van der Waals surface area contributed by atoms with Gasteiger partial charge in [0.2, 0.25) is 0 Å². The summed E-state index contributed by atoms with van der Waals surface area (Å²) < 4.78 is 23.7. The van der Waals surface area contributed by atoms with Crippen LogP contribution in [0, 0.1) is 0 Å². The highest BCUT2D eigenvalue weighted by molar-refractivity contribution is 6.06. The zero-order valence-corrected chi connectivity index (χ0v) is 24.0. The number of aromatic nitrogens is 3. The quantitative estimate of drug-likeness (QED) is 0.413. The third-order valence-electron chi connectivity index (χ3n) is 7.81. The lowest BCUT2D eigenvalue weighted by atomic mass is 9.90. The summed E-state index contributed by atoms with van der Waals surface area (Å²) in [4.78, 5) is 27.4. The number of carbonyl (C=O) groups excluding carboxylic acids is 1. The summed E-state index contributed by atoms with van der Waals surface area (Å²) in [6.45, 7) is 7.03. The van der Waals surface area contributed by atoms with Crippen molar-refractivity contribution in [3.05, 3.63) is 77.3 Å². The van der Waals surface area contributed by atoms with Gasteiger partial charge in [-0.2, -0.15) is 5.10 Å². The van der Waals surface area contributed by atoms with Crippen molar-refractivity contribution in [2.75, 3.05) is 32.9 Å². The van der Waals surface area contributed by atoms with Gasteiger partial charge in [-0.3, -0.25) is 24.2 Å². The Morgan fingerprint density at radius 1 is 1.21 bits per heavy atom. The number of H-pyrrole nitrogens is 1. The highest BCUT2D eigenvalue weighted by atomic mass is 19.1. The lowest BCUT2D eigenvalue weighted by molar-refractivity contribution is 0.0673. The highest BCUT2D eigenvalue weighted by Gasteiger charge is 2.38. The topological polar surface area (TPSA) is 135 Å². The molecule has 0 radical (unpaired) electrons. The van der Waals surface area contributed by atoms with Crippen LogP contribution in [0.15, 0.2) is 65.4 Å². The SMILES string of the molecule is C=CCN1CCC(N)=C2C(=Nc3ccc(C4CC4)cc3)CCN(C(=O)c3cnc4n[nH]c(CF)c4c3)C2C1.CCF.O. The minimum atomic E-state index is -0.705. The van der Waals surface area contributed by atoms with Gasteiger partial charge in [0.15, 0.2) is 5.65 Å². The number of aromatic amines is 1. The van der Waals surface area contributed by atoms with E-state index in [0.29, 0.717) is 60.7 Å². The number of carbonyl (C=O) groups is 1. The maximum Gasteiger partial charge on any atom is 0.256 e. The summed E-state index contributed by atoms with van der Waals surface area (Å²) in [6.07, 6.45) is 7.22. The van der Waals surface area contributed by atoms with Crippen LogP contribution in [0.5, 0.6) is 0 Å².